The third-order valence-corrected chi connectivity index (χ3v) is 3.26. The minimum absolute atomic E-state index is 0.286. The summed E-state index contributed by atoms with van der Waals surface area (Å²) in [4.78, 5) is 0. The van der Waals surface area contributed by atoms with Gasteiger partial charge < -0.3 is 11.1 Å². The lowest BCUT2D eigenvalue weighted by atomic mass is 9.99. The van der Waals surface area contributed by atoms with Crippen molar-refractivity contribution in [2.75, 3.05) is 6.54 Å². The third kappa shape index (κ3) is 3.62. The molecule has 0 bridgehead atoms. The Morgan fingerprint density at radius 3 is 2.50 bits per heavy atom. The smallest absolute Gasteiger partial charge is 0.0208 e. The summed E-state index contributed by atoms with van der Waals surface area (Å²) in [6.07, 6.45) is 1.03. The summed E-state index contributed by atoms with van der Waals surface area (Å²) in [6.45, 7) is 10.5. The Bertz CT molecular complexity index is 343. The zero-order valence-corrected chi connectivity index (χ0v) is 10.9. The second kappa shape index (κ2) is 6.02. The highest BCUT2D eigenvalue weighted by Gasteiger charge is 2.03. The van der Waals surface area contributed by atoms with Gasteiger partial charge in [0.25, 0.3) is 0 Å². The Balaban J connectivity index is 2.52. The number of hydrogen-bond acceptors (Lipinski definition) is 2. The number of benzene rings is 1. The Morgan fingerprint density at radius 1 is 1.19 bits per heavy atom. The average molecular weight is 220 g/mol. The quantitative estimate of drug-likeness (QED) is 0.748. The minimum Gasteiger partial charge on any atom is -0.328 e. The van der Waals surface area contributed by atoms with Crippen LogP contribution < -0.4 is 11.1 Å². The van der Waals surface area contributed by atoms with Crippen molar-refractivity contribution in [3.05, 3.63) is 34.4 Å². The van der Waals surface area contributed by atoms with Gasteiger partial charge in [0.05, 0.1) is 0 Å². The van der Waals surface area contributed by atoms with Gasteiger partial charge in [0.15, 0.2) is 0 Å². The van der Waals surface area contributed by atoms with E-state index in [1.165, 1.54) is 22.3 Å². The van der Waals surface area contributed by atoms with E-state index in [0.29, 0.717) is 0 Å². The Labute approximate surface area is 99.2 Å². The normalized spacial score (nSPS) is 12.8. The van der Waals surface area contributed by atoms with Crippen molar-refractivity contribution in [1.29, 1.82) is 0 Å². The minimum atomic E-state index is 0.286. The van der Waals surface area contributed by atoms with Crippen molar-refractivity contribution in [2.24, 2.45) is 5.73 Å². The van der Waals surface area contributed by atoms with Crippen molar-refractivity contribution in [2.45, 2.75) is 46.7 Å². The highest BCUT2D eigenvalue weighted by atomic mass is 14.9. The number of nitrogens with two attached hydrogens (primary N) is 1. The van der Waals surface area contributed by atoms with E-state index in [1.54, 1.807) is 0 Å². The van der Waals surface area contributed by atoms with Crippen LogP contribution in [0.3, 0.4) is 0 Å². The standard InChI is InChI=1S/C14H24N2/c1-10-5-6-14(13(4)12(10)3)9-16-8-7-11(2)15/h5-6,11,16H,7-9,15H2,1-4H3. The van der Waals surface area contributed by atoms with Crippen molar-refractivity contribution in [3.8, 4) is 0 Å². The van der Waals surface area contributed by atoms with Gasteiger partial charge in [0.1, 0.15) is 0 Å². The van der Waals surface area contributed by atoms with Gasteiger partial charge in [-0.1, -0.05) is 12.1 Å². The SMILES string of the molecule is Cc1ccc(CNCCC(C)N)c(C)c1C. The lowest BCUT2D eigenvalue weighted by molar-refractivity contribution is 0.588. The maximum atomic E-state index is 5.71. The molecule has 1 unspecified atom stereocenters. The summed E-state index contributed by atoms with van der Waals surface area (Å²) < 4.78 is 0. The van der Waals surface area contributed by atoms with Crippen LogP contribution in [-0.2, 0) is 6.54 Å². The van der Waals surface area contributed by atoms with E-state index in [4.69, 9.17) is 5.73 Å². The van der Waals surface area contributed by atoms with Gasteiger partial charge in [-0.2, -0.15) is 0 Å². The highest BCUT2D eigenvalue weighted by Crippen LogP contribution is 2.16. The van der Waals surface area contributed by atoms with Crippen LogP contribution in [0.25, 0.3) is 0 Å². The van der Waals surface area contributed by atoms with Crippen LogP contribution in [0.5, 0.6) is 0 Å². The molecule has 0 fully saturated rings. The first-order valence-corrected chi connectivity index (χ1v) is 6.04. The fraction of sp³-hybridized carbons (Fsp3) is 0.571. The predicted octanol–water partition coefficient (Wildman–Crippen LogP) is 2.44. The molecule has 2 heteroatoms. The molecule has 0 saturated heterocycles. The molecule has 0 heterocycles. The summed E-state index contributed by atoms with van der Waals surface area (Å²) >= 11 is 0. The summed E-state index contributed by atoms with van der Waals surface area (Å²) in [5.41, 5.74) is 11.3. The van der Waals surface area contributed by atoms with E-state index < -0.39 is 0 Å². The van der Waals surface area contributed by atoms with Gasteiger partial charge in [-0.05, 0) is 62.9 Å². The third-order valence-electron chi connectivity index (χ3n) is 3.26. The van der Waals surface area contributed by atoms with Crippen LogP contribution in [0, 0.1) is 20.8 Å². The van der Waals surface area contributed by atoms with Crippen LogP contribution in [0.2, 0.25) is 0 Å². The first kappa shape index (κ1) is 13.2. The molecule has 1 aromatic carbocycles. The summed E-state index contributed by atoms with van der Waals surface area (Å²) in [7, 11) is 0. The highest BCUT2D eigenvalue weighted by molar-refractivity contribution is 5.38. The van der Waals surface area contributed by atoms with Crippen LogP contribution in [0.1, 0.15) is 35.6 Å². The molecule has 3 N–H and O–H groups in total. The molecule has 1 atom stereocenters. The van der Waals surface area contributed by atoms with E-state index in [1.807, 2.05) is 6.92 Å². The predicted molar refractivity (Wildman–Crippen MR) is 70.6 cm³/mol. The molecule has 1 rings (SSSR count). The van der Waals surface area contributed by atoms with Crippen molar-refractivity contribution in [3.63, 3.8) is 0 Å². The Hall–Kier alpha value is -0.860. The van der Waals surface area contributed by atoms with E-state index in [9.17, 15) is 0 Å². The second-order valence-corrected chi connectivity index (χ2v) is 4.73. The molecule has 0 saturated carbocycles. The average Bonchev–Trinajstić information content (AvgIpc) is 2.23. The maximum absolute atomic E-state index is 5.71. The summed E-state index contributed by atoms with van der Waals surface area (Å²) in [6, 6.07) is 4.70. The largest absolute Gasteiger partial charge is 0.328 e. The molecule has 0 aliphatic rings. The fourth-order valence-electron chi connectivity index (χ4n) is 1.76. The molecule has 0 aliphatic carbocycles. The van der Waals surface area contributed by atoms with Crippen molar-refractivity contribution >= 4 is 0 Å². The van der Waals surface area contributed by atoms with E-state index in [-0.39, 0.29) is 6.04 Å². The number of aryl methyl sites for hydroxylation is 1. The molecule has 16 heavy (non-hydrogen) atoms. The van der Waals surface area contributed by atoms with Gasteiger partial charge in [0.2, 0.25) is 0 Å². The Kier molecular flexibility index (Phi) is 4.97. The molecule has 0 spiro atoms. The molecule has 0 aromatic heterocycles. The van der Waals surface area contributed by atoms with Gasteiger partial charge in [-0.3, -0.25) is 0 Å². The first-order chi connectivity index (χ1) is 7.52. The van der Waals surface area contributed by atoms with Crippen LogP contribution in [-0.4, -0.2) is 12.6 Å². The fourth-order valence-corrected chi connectivity index (χ4v) is 1.76. The van der Waals surface area contributed by atoms with E-state index in [0.717, 1.165) is 19.5 Å². The van der Waals surface area contributed by atoms with Gasteiger partial charge in [-0.25, -0.2) is 0 Å². The van der Waals surface area contributed by atoms with Gasteiger partial charge >= 0.3 is 0 Å². The molecule has 90 valence electrons. The van der Waals surface area contributed by atoms with Crippen molar-refractivity contribution < 1.29 is 0 Å². The maximum Gasteiger partial charge on any atom is 0.0208 e. The number of hydrogen-bond donors (Lipinski definition) is 2. The molecule has 0 amide bonds. The molecule has 1 aromatic rings. The number of nitrogens with one attached hydrogen (secondary N) is 1. The van der Waals surface area contributed by atoms with Gasteiger partial charge in [-0.15, -0.1) is 0 Å². The van der Waals surface area contributed by atoms with Crippen LogP contribution in [0.15, 0.2) is 12.1 Å². The molecular weight excluding hydrogens is 196 g/mol. The lowest BCUT2D eigenvalue weighted by Crippen LogP contribution is -2.24. The monoisotopic (exact) mass is 220 g/mol. The lowest BCUT2D eigenvalue weighted by Gasteiger charge is -2.12. The zero-order valence-electron chi connectivity index (χ0n) is 10.9. The Morgan fingerprint density at radius 2 is 1.88 bits per heavy atom. The zero-order chi connectivity index (χ0) is 12.1. The van der Waals surface area contributed by atoms with E-state index >= 15 is 0 Å². The number of rotatable bonds is 5. The van der Waals surface area contributed by atoms with Crippen LogP contribution in [0.4, 0.5) is 0 Å². The van der Waals surface area contributed by atoms with Crippen molar-refractivity contribution in [1.82, 2.24) is 5.32 Å². The topological polar surface area (TPSA) is 38.0 Å². The summed E-state index contributed by atoms with van der Waals surface area (Å²) in [5.74, 6) is 0. The molecule has 0 aliphatic heterocycles. The second-order valence-electron chi connectivity index (χ2n) is 4.73. The first-order valence-electron chi connectivity index (χ1n) is 6.04. The molecule has 0 radical (unpaired) electrons. The summed E-state index contributed by atoms with van der Waals surface area (Å²) in [5, 5.41) is 3.44. The van der Waals surface area contributed by atoms with Crippen LogP contribution >= 0.6 is 0 Å². The molecule has 2 nitrogen and oxygen atoms in total. The molecular formula is C14H24N2. The van der Waals surface area contributed by atoms with E-state index in [2.05, 4.69) is 38.2 Å². The van der Waals surface area contributed by atoms with Gasteiger partial charge in [0, 0.05) is 12.6 Å².